The van der Waals surface area contributed by atoms with Crippen molar-refractivity contribution in [2.45, 2.75) is 50.1 Å². The number of ether oxygens (including phenoxy) is 4. The van der Waals surface area contributed by atoms with Crippen LogP contribution in [-0.4, -0.2) is 57.8 Å². The fourth-order valence-corrected chi connectivity index (χ4v) is 3.51. The summed E-state index contributed by atoms with van der Waals surface area (Å²) in [5.74, 6) is -2.38. The van der Waals surface area contributed by atoms with Gasteiger partial charge in [-0.3, -0.25) is 0 Å². The van der Waals surface area contributed by atoms with Crippen LogP contribution in [0, 0.1) is 0 Å². The molecule has 0 radical (unpaired) electrons. The average molecular weight is 433 g/mol. The Kier molecular flexibility index (Phi) is 6.66. The third-order valence-corrected chi connectivity index (χ3v) is 4.79. The van der Waals surface area contributed by atoms with Gasteiger partial charge in [0.25, 0.3) is 0 Å². The Balaban J connectivity index is 2.01. The summed E-state index contributed by atoms with van der Waals surface area (Å²) in [6, 6.07) is 17.1. The van der Waals surface area contributed by atoms with E-state index in [0.29, 0.717) is 11.1 Å². The summed E-state index contributed by atoms with van der Waals surface area (Å²) >= 11 is 0. The second-order valence-corrected chi connectivity index (χ2v) is 7.04. The zero-order valence-corrected chi connectivity index (χ0v) is 16.7. The van der Waals surface area contributed by atoms with Crippen molar-refractivity contribution in [2.75, 3.05) is 0 Å². The molecule has 9 nitrogen and oxygen atoms in total. The molecule has 3 rings (SSSR count). The van der Waals surface area contributed by atoms with E-state index in [4.69, 9.17) is 25.4 Å². The molecule has 31 heavy (non-hydrogen) atoms. The van der Waals surface area contributed by atoms with E-state index in [1.807, 2.05) is 0 Å². The molecule has 9 heteroatoms. The van der Waals surface area contributed by atoms with Crippen molar-refractivity contribution in [2.24, 2.45) is 0 Å². The Morgan fingerprint density at radius 3 is 2.03 bits per heavy atom. The van der Waals surface area contributed by atoms with E-state index in [2.05, 4.69) is 0 Å². The van der Waals surface area contributed by atoms with Crippen molar-refractivity contribution >= 4 is 12.3 Å². The zero-order valence-electron chi connectivity index (χ0n) is 17.7. The summed E-state index contributed by atoms with van der Waals surface area (Å²) in [5.41, 5.74) is 1.07. The largest absolute Gasteiger partial charge is 0.506 e. The smallest absolute Gasteiger partial charge is 0.450 e. The Labute approximate surface area is 180 Å². The van der Waals surface area contributed by atoms with Crippen LogP contribution < -0.4 is 0 Å². The summed E-state index contributed by atoms with van der Waals surface area (Å²) in [7, 11) is 0. The molecule has 1 aliphatic heterocycles. The average Bonchev–Trinajstić information content (AvgIpc) is 2.76. The van der Waals surface area contributed by atoms with Crippen molar-refractivity contribution in [1.29, 1.82) is 0 Å². The highest BCUT2D eigenvalue weighted by atomic mass is 16.7. The van der Waals surface area contributed by atoms with Gasteiger partial charge in [-0.25, -0.2) is 9.59 Å². The fraction of sp³-hybridized carbons (Fsp3) is 0.364. The van der Waals surface area contributed by atoms with Gasteiger partial charge in [-0.1, -0.05) is 60.7 Å². The lowest BCUT2D eigenvalue weighted by Crippen LogP contribution is -2.67. The number of aliphatic hydroxyl groups is 1. The van der Waals surface area contributed by atoms with Crippen LogP contribution in [0.4, 0.5) is 9.59 Å². The van der Waals surface area contributed by atoms with Gasteiger partial charge in [-0.2, -0.15) is 0 Å². The Bertz CT molecular complexity index is 910. The van der Waals surface area contributed by atoms with Gasteiger partial charge in [0.15, 0.2) is 18.3 Å². The van der Waals surface area contributed by atoms with Crippen LogP contribution in [0.5, 0.6) is 0 Å². The van der Waals surface area contributed by atoms with E-state index in [1.54, 1.807) is 60.7 Å². The second kappa shape index (κ2) is 9.78. The van der Waals surface area contributed by atoms with Gasteiger partial charge in [0.05, 0.1) is 12.7 Å². The predicted octanol–water partition coefficient (Wildman–Crippen LogP) is 3.05. The minimum atomic E-state index is -2.38. The Morgan fingerprint density at radius 1 is 0.968 bits per heavy atom. The van der Waals surface area contributed by atoms with E-state index in [-0.39, 0.29) is 6.61 Å². The fourth-order valence-electron chi connectivity index (χ4n) is 3.51. The molecule has 0 saturated carbocycles. The Morgan fingerprint density at radius 2 is 1.48 bits per heavy atom. The van der Waals surface area contributed by atoms with Gasteiger partial charge in [0.1, 0.15) is 0 Å². The van der Waals surface area contributed by atoms with Gasteiger partial charge >= 0.3 is 12.3 Å². The number of rotatable bonds is 7. The Hall–Kier alpha value is -3.14. The summed E-state index contributed by atoms with van der Waals surface area (Å²) < 4.78 is 30.0. The number of hydrogen-bond donors (Lipinski definition) is 3. The highest BCUT2D eigenvalue weighted by Crippen LogP contribution is 2.36. The molecule has 1 heterocycles. The lowest BCUT2D eigenvalue weighted by molar-refractivity contribution is -0.351. The molecule has 0 spiro atoms. The SMILES string of the molecule is [2H]C(c1ccccc1)C1(O)O[C@@H](C)[C@@H](OC(=O)O)[C@@H](OC(=O)O)[C@@H]1OCc1ccccc1. The summed E-state index contributed by atoms with van der Waals surface area (Å²) in [4.78, 5) is 22.7. The first kappa shape index (κ1) is 21.1. The molecule has 2 aromatic carbocycles. The lowest BCUT2D eigenvalue weighted by atomic mass is 9.88. The molecule has 2 unspecified atom stereocenters. The molecular weight excluding hydrogens is 408 g/mol. The van der Waals surface area contributed by atoms with E-state index in [0.717, 1.165) is 0 Å². The van der Waals surface area contributed by atoms with Crippen molar-refractivity contribution in [3.8, 4) is 0 Å². The van der Waals surface area contributed by atoms with Gasteiger partial charge in [-0.05, 0) is 18.1 Å². The third kappa shape index (κ3) is 5.72. The lowest BCUT2D eigenvalue weighted by Gasteiger charge is -2.48. The van der Waals surface area contributed by atoms with Gasteiger partial charge in [-0.15, -0.1) is 0 Å². The van der Waals surface area contributed by atoms with Crippen LogP contribution in [0.25, 0.3) is 0 Å². The molecule has 2 aromatic rings. The minimum absolute atomic E-state index is 0.0909. The summed E-state index contributed by atoms with van der Waals surface area (Å²) in [5, 5.41) is 29.9. The van der Waals surface area contributed by atoms with Gasteiger partial charge < -0.3 is 34.3 Å². The summed E-state index contributed by atoms with van der Waals surface area (Å²) in [6.45, 7) is 1.30. The first-order valence-electron chi connectivity index (χ1n) is 10.1. The molecule has 1 fully saturated rings. The first-order chi connectivity index (χ1) is 15.2. The third-order valence-electron chi connectivity index (χ3n) is 4.79. The van der Waals surface area contributed by atoms with E-state index in [9.17, 15) is 19.8 Å². The van der Waals surface area contributed by atoms with Crippen molar-refractivity contribution in [3.63, 3.8) is 0 Å². The van der Waals surface area contributed by atoms with Gasteiger partial charge in [0, 0.05) is 7.77 Å². The predicted molar refractivity (Wildman–Crippen MR) is 106 cm³/mol. The normalized spacial score (nSPS) is 29.4. The van der Waals surface area contributed by atoms with Gasteiger partial charge in [0.2, 0.25) is 5.79 Å². The monoisotopic (exact) mass is 433 g/mol. The van der Waals surface area contributed by atoms with Crippen LogP contribution in [0.1, 0.15) is 19.4 Å². The highest BCUT2D eigenvalue weighted by Gasteiger charge is 2.57. The quantitative estimate of drug-likeness (QED) is 0.564. The maximum atomic E-state index is 11.5. The van der Waals surface area contributed by atoms with Crippen LogP contribution >= 0.6 is 0 Å². The molecule has 0 amide bonds. The molecule has 0 aromatic heterocycles. The molecule has 166 valence electrons. The van der Waals surface area contributed by atoms with E-state index in [1.165, 1.54) is 6.92 Å². The van der Waals surface area contributed by atoms with Crippen molar-refractivity contribution in [3.05, 3.63) is 71.8 Å². The van der Waals surface area contributed by atoms with Crippen molar-refractivity contribution < 1.29 is 45.2 Å². The zero-order chi connectivity index (χ0) is 23.3. The number of hydrogen-bond acceptors (Lipinski definition) is 7. The maximum Gasteiger partial charge on any atom is 0.506 e. The maximum absolute atomic E-state index is 11.5. The van der Waals surface area contributed by atoms with Crippen LogP contribution in [-0.2, 0) is 32.0 Å². The molecule has 6 atom stereocenters. The van der Waals surface area contributed by atoms with E-state index >= 15 is 0 Å². The molecule has 0 aliphatic carbocycles. The molecule has 3 N–H and O–H groups in total. The number of carbonyl (C=O) groups is 2. The minimum Gasteiger partial charge on any atom is -0.450 e. The number of benzene rings is 2. The second-order valence-electron chi connectivity index (χ2n) is 7.04. The topological polar surface area (TPSA) is 132 Å². The number of carboxylic acid groups (broad SMARTS) is 2. The van der Waals surface area contributed by atoms with Crippen LogP contribution in [0.3, 0.4) is 0 Å². The molecule has 1 aliphatic rings. The van der Waals surface area contributed by atoms with E-state index < -0.39 is 48.9 Å². The molecule has 0 bridgehead atoms. The highest BCUT2D eigenvalue weighted by molar-refractivity contribution is 5.58. The first-order valence-corrected chi connectivity index (χ1v) is 9.54. The van der Waals surface area contributed by atoms with Crippen molar-refractivity contribution in [1.82, 2.24) is 0 Å². The van der Waals surface area contributed by atoms with Crippen LogP contribution in [0.2, 0.25) is 0 Å². The standard InChI is InChI=1S/C22H24O9/c1-14-17(29-20(23)24)18(30-21(25)26)19(28-13-16-10-6-3-7-11-16)22(27,31-14)12-15-8-4-2-5-9-15/h2-11,14,17-19,27H,12-13H2,1H3,(H,23,24)(H,25,26)/t14-,17+,18+,19-,22?/m0/s1/i12D/t12?,14-,17+,18+,19-,22?. The van der Waals surface area contributed by atoms with Crippen LogP contribution in [0.15, 0.2) is 60.7 Å². The molecule has 1 saturated heterocycles. The summed E-state index contributed by atoms with van der Waals surface area (Å²) in [6.07, 6.45) is -10.6. The molecular formula is C22H24O9.